The van der Waals surface area contributed by atoms with Crippen LogP contribution in [0.2, 0.25) is 0 Å². The van der Waals surface area contributed by atoms with Gasteiger partial charge in [0.1, 0.15) is 0 Å². The van der Waals surface area contributed by atoms with Crippen LogP contribution >= 0.6 is 0 Å². The van der Waals surface area contributed by atoms with E-state index in [1.54, 1.807) is 0 Å². The van der Waals surface area contributed by atoms with Gasteiger partial charge in [0.05, 0.1) is 5.69 Å². The molecular formula is C18H19N. The zero-order valence-corrected chi connectivity index (χ0v) is 11.6. The molecular weight excluding hydrogens is 230 g/mol. The lowest BCUT2D eigenvalue weighted by atomic mass is 9.96. The molecule has 1 nitrogen and oxygen atoms in total. The molecule has 0 saturated carbocycles. The van der Waals surface area contributed by atoms with Gasteiger partial charge in [-0.2, -0.15) is 0 Å². The molecule has 0 spiro atoms. The standard InChI is InChI=1S/C18H19N/c1-14(2)8-6-10-16-11-7-9-15(3)18(16)17-12-4-5-13-19-17/h4-9,11-13H,1,10H2,2-3H3/b8-6-. The molecule has 0 aliphatic carbocycles. The van der Waals surface area contributed by atoms with Crippen LogP contribution in [0.5, 0.6) is 0 Å². The fourth-order valence-corrected chi connectivity index (χ4v) is 2.16. The maximum atomic E-state index is 4.47. The SMILES string of the molecule is C=C(C)/C=C\Cc1cccc(C)c1-c1ccccn1. The average molecular weight is 249 g/mol. The Labute approximate surface area is 115 Å². The van der Waals surface area contributed by atoms with Crippen LogP contribution in [0.4, 0.5) is 0 Å². The van der Waals surface area contributed by atoms with Crippen molar-refractivity contribution in [2.75, 3.05) is 0 Å². The summed E-state index contributed by atoms with van der Waals surface area (Å²) in [4.78, 5) is 4.47. The van der Waals surface area contributed by atoms with Crippen molar-refractivity contribution in [1.82, 2.24) is 4.98 Å². The van der Waals surface area contributed by atoms with Gasteiger partial charge in [-0.15, -0.1) is 0 Å². The van der Waals surface area contributed by atoms with E-state index < -0.39 is 0 Å². The molecule has 96 valence electrons. The molecule has 0 fully saturated rings. The predicted octanol–water partition coefficient (Wildman–Crippen LogP) is 4.73. The van der Waals surface area contributed by atoms with Crippen LogP contribution < -0.4 is 0 Å². The lowest BCUT2D eigenvalue weighted by molar-refractivity contribution is 1.21. The van der Waals surface area contributed by atoms with E-state index in [0.29, 0.717) is 0 Å². The molecule has 0 radical (unpaired) electrons. The van der Waals surface area contributed by atoms with Crippen molar-refractivity contribution in [3.8, 4) is 11.3 Å². The van der Waals surface area contributed by atoms with Crippen molar-refractivity contribution in [2.45, 2.75) is 20.3 Å². The molecule has 0 unspecified atom stereocenters. The minimum absolute atomic E-state index is 0.903. The Hall–Kier alpha value is -2.15. The topological polar surface area (TPSA) is 12.9 Å². The number of hydrogen-bond acceptors (Lipinski definition) is 1. The third-order valence-corrected chi connectivity index (χ3v) is 3.02. The van der Waals surface area contributed by atoms with Crippen LogP contribution in [0.1, 0.15) is 18.1 Å². The third-order valence-electron chi connectivity index (χ3n) is 3.02. The largest absolute Gasteiger partial charge is 0.256 e. The Balaban J connectivity index is 2.39. The molecule has 2 aromatic rings. The Morgan fingerprint density at radius 3 is 2.74 bits per heavy atom. The van der Waals surface area contributed by atoms with Gasteiger partial charge in [-0.05, 0) is 43.5 Å². The number of benzene rings is 1. The van der Waals surface area contributed by atoms with Crippen LogP contribution in [-0.2, 0) is 6.42 Å². The first-order valence-electron chi connectivity index (χ1n) is 6.50. The van der Waals surface area contributed by atoms with E-state index in [1.807, 2.05) is 25.3 Å². The van der Waals surface area contributed by atoms with E-state index in [0.717, 1.165) is 17.7 Å². The smallest absolute Gasteiger partial charge is 0.0707 e. The number of aryl methyl sites for hydroxylation is 1. The van der Waals surface area contributed by atoms with E-state index in [1.165, 1.54) is 16.7 Å². The summed E-state index contributed by atoms with van der Waals surface area (Å²) in [5.74, 6) is 0. The highest BCUT2D eigenvalue weighted by atomic mass is 14.7. The normalized spacial score (nSPS) is 10.8. The molecule has 0 N–H and O–H groups in total. The second kappa shape index (κ2) is 6.14. The van der Waals surface area contributed by atoms with Crippen molar-refractivity contribution in [2.24, 2.45) is 0 Å². The second-order valence-electron chi connectivity index (χ2n) is 4.78. The van der Waals surface area contributed by atoms with Gasteiger partial charge < -0.3 is 0 Å². The summed E-state index contributed by atoms with van der Waals surface area (Å²) in [6, 6.07) is 12.4. The lowest BCUT2D eigenvalue weighted by Crippen LogP contribution is -1.93. The van der Waals surface area contributed by atoms with Gasteiger partial charge in [-0.3, -0.25) is 4.98 Å². The minimum atomic E-state index is 0.903. The van der Waals surface area contributed by atoms with E-state index >= 15 is 0 Å². The Morgan fingerprint density at radius 1 is 1.21 bits per heavy atom. The Kier molecular flexibility index (Phi) is 4.30. The summed E-state index contributed by atoms with van der Waals surface area (Å²) in [5, 5.41) is 0. The summed E-state index contributed by atoms with van der Waals surface area (Å²) in [5.41, 5.74) is 5.93. The third kappa shape index (κ3) is 3.41. The minimum Gasteiger partial charge on any atom is -0.256 e. The second-order valence-corrected chi connectivity index (χ2v) is 4.78. The van der Waals surface area contributed by atoms with Gasteiger partial charge in [0.2, 0.25) is 0 Å². The molecule has 2 rings (SSSR count). The lowest BCUT2D eigenvalue weighted by Gasteiger charge is -2.10. The van der Waals surface area contributed by atoms with Gasteiger partial charge in [0.25, 0.3) is 0 Å². The first-order valence-corrected chi connectivity index (χ1v) is 6.50. The molecule has 0 saturated heterocycles. The number of allylic oxidation sites excluding steroid dienone is 3. The zero-order valence-electron chi connectivity index (χ0n) is 11.6. The molecule has 0 atom stereocenters. The predicted molar refractivity (Wildman–Crippen MR) is 82.1 cm³/mol. The highest BCUT2D eigenvalue weighted by Gasteiger charge is 2.07. The number of pyridine rings is 1. The van der Waals surface area contributed by atoms with Crippen LogP contribution in [0.3, 0.4) is 0 Å². The maximum absolute atomic E-state index is 4.47. The molecule has 0 bridgehead atoms. The van der Waals surface area contributed by atoms with Gasteiger partial charge in [-0.1, -0.05) is 48.6 Å². The van der Waals surface area contributed by atoms with Crippen LogP contribution in [0, 0.1) is 6.92 Å². The monoisotopic (exact) mass is 249 g/mol. The molecule has 1 aromatic carbocycles. The Bertz CT molecular complexity index is 594. The van der Waals surface area contributed by atoms with Crippen molar-refractivity contribution in [1.29, 1.82) is 0 Å². The Morgan fingerprint density at radius 2 is 2.05 bits per heavy atom. The highest BCUT2D eigenvalue weighted by Crippen LogP contribution is 2.26. The van der Waals surface area contributed by atoms with Crippen molar-refractivity contribution >= 4 is 0 Å². The van der Waals surface area contributed by atoms with Crippen molar-refractivity contribution in [3.05, 3.63) is 78.0 Å². The number of nitrogens with zero attached hydrogens (tertiary/aromatic N) is 1. The summed E-state index contributed by atoms with van der Waals surface area (Å²) in [6.07, 6.45) is 6.96. The maximum Gasteiger partial charge on any atom is 0.0707 e. The van der Waals surface area contributed by atoms with Gasteiger partial charge in [-0.25, -0.2) is 0 Å². The quantitative estimate of drug-likeness (QED) is 0.714. The van der Waals surface area contributed by atoms with Gasteiger partial charge in [0, 0.05) is 11.8 Å². The molecule has 0 aliphatic heterocycles. The number of aromatic nitrogens is 1. The van der Waals surface area contributed by atoms with E-state index in [9.17, 15) is 0 Å². The highest BCUT2D eigenvalue weighted by molar-refractivity contribution is 5.67. The molecule has 1 heteroatoms. The summed E-state index contributed by atoms with van der Waals surface area (Å²) >= 11 is 0. The van der Waals surface area contributed by atoms with Crippen molar-refractivity contribution in [3.63, 3.8) is 0 Å². The summed E-state index contributed by atoms with van der Waals surface area (Å²) < 4.78 is 0. The van der Waals surface area contributed by atoms with E-state index in [-0.39, 0.29) is 0 Å². The zero-order chi connectivity index (χ0) is 13.7. The number of rotatable bonds is 4. The average Bonchev–Trinajstić information content (AvgIpc) is 2.39. The first-order chi connectivity index (χ1) is 9.18. The molecule has 1 aromatic heterocycles. The van der Waals surface area contributed by atoms with Crippen LogP contribution in [0.25, 0.3) is 11.3 Å². The summed E-state index contributed by atoms with van der Waals surface area (Å²) in [6.45, 7) is 8.03. The first kappa shape index (κ1) is 13.3. The molecule has 0 amide bonds. The molecule has 1 heterocycles. The molecule has 0 aliphatic rings. The fraction of sp³-hybridized carbons (Fsp3) is 0.167. The van der Waals surface area contributed by atoms with E-state index in [4.69, 9.17) is 0 Å². The number of hydrogen-bond donors (Lipinski definition) is 0. The van der Waals surface area contributed by atoms with Gasteiger partial charge in [0.15, 0.2) is 0 Å². The van der Waals surface area contributed by atoms with Crippen LogP contribution in [-0.4, -0.2) is 4.98 Å². The summed E-state index contributed by atoms with van der Waals surface area (Å²) in [7, 11) is 0. The van der Waals surface area contributed by atoms with Crippen LogP contribution in [0.15, 0.2) is 66.9 Å². The molecule has 19 heavy (non-hydrogen) atoms. The van der Waals surface area contributed by atoms with Gasteiger partial charge >= 0.3 is 0 Å². The fourth-order valence-electron chi connectivity index (χ4n) is 2.16. The van der Waals surface area contributed by atoms with Crippen molar-refractivity contribution < 1.29 is 0 Å². The van der Waals surface area contributed by atoms with E-state index in [2.05, 4.69) is 54.9 Å².